The molecule has 0 saturated heterocycles. The predicted molar refractivity (Wildman–Crippen MR) is 205 cm³/mol. The first-order valence-electron chi connectivity index (χ1n) is 16.8. The van der Waals surface area contributed by atoms with Crippen molar-refractivity contribution in [2.24, 2.45) is 0 Å². The molecule has 0 aliphatic heterocycles. The zero-order valence-electron chi connectivity index (χ0n) is 27.0. The second kappa shape index (κ2) is 11.4. The summed E-state index contributed by atoms with van der Waals surface area (Å²) in [5.74, 6) is 0.683. The molecule has 10 rings (SSSR count). The Labute approximate surface area is 288 Å². The lowest BCUT2D eigenvalue weighted by Crippen LogP contribution is -1.93. The second-order valence-corrected chi connectivity index (χ2v) is 12.6. The summed E-state index contributed by atoms with van der Waals surface area (Å²) in [6.07, 6.45) is 0. The molecule has 4 heteroatoms. The van der Waals surface area contributed by atoms with Gasteiger partial charge in [-0.25, -0.2) is 9.97 Å². The highest BCUT2D eigenvalue weighted by molar-refractivity contribution is 6.11. The molecule has 0 bridgehead atoms. The zero-order chi connectivity index (χ0) is 33.0. The van der Waals surface area contributed by atoms with E-state index < -0.39 is 0 Å². The van der Waals surface area contributed by atoms with Gasteiger partial charge < -0.3 is 8.98 Å². The van der Waals surface area contributed by atoms with Gasteiger partial charge in [0.15, 0.2) is 11.4 Å². The molecular weight excluding hydrogens is 611 g/mol. The molecule has 0 unspecified atom stereocenters. The van der Waals surface area contributed by atoms with E-state index >= 15 is 0 Å². The highest BCUT2D eigenvalue weighted by Crippen LogP contribution is 2.38. The molecule has 10 aromatic rings. The molecule has 0 amide bonds. The van der Waals surface area contributed by atoms with Crippen molar-refractivity contribution in [2.45, 2.75) is 0 Å². The summed E-state index contributed by atoms with van der Waals surface area (Å²) in [6.45, 7) is 0. The smallest absolute Gasteiger partial charge is 0.180 e. The Morgan fingerprint density at radius 2 is 0.980 bits per heavy atom. The second-order valence-electron chi connectivity index (χ2n) is 12.6. The highest BCUT2D eigenvalue weighted by Gasteiger charge is 2.19. The first kappa shape index (κ1) is 28.3. The fourth-order valence-electron chi connectivity index (χ4n) is 7.19. The summed E-state index contributed by atoms with van der Waals surface area (Å²) in [5.41, 5.74) is 13.2. The quantitative estimate of drug-likeness (QED) is 0.188. The summed E-state index contributed by atoms with van der Waals surface area (Å²) in [7, 11) is 0. The number of benzene rings is 7. The SMILES string of the molecule is c1ccc(-c2nc(-c3ccccc3)c3oc4cc(-c5ccc(-c6ccc7c(c6)c6ccccc6n7-c6ccccc6)cc5)ccc4c3n2)cc1. The standard InChI is InChI=1S/C46H29N3O/c1-4-12-32(13-5-1)43-45-44(48-46(47-43)33-14-6-2-7-15-33)38-26-24-35(29-42(38)50-45)31-22-20-30(21-23-31)34-25-27-41-39(28-34)37-18-10-11-19-40(37)49(41)36-16-8-3-9-17-36/h1-29H. The molecule has 0 atom stereocenters. The van der Waals surface area contributed by atoms with Crippen LogP contribution in [-0.2, 0) is 0 Å². The van der Waals surface area contributed by atoms with Gasteiger partial charge in [-0.3, -0.25) is 0 Å². The van der Waals surface area contributed by atoms with Crippen molar-refractivity contribution in [1.29, 1.82) is 0 Å². The Kier molecular flexibility index (Phi) is 6.46. The van der Waals surface area contributed by atoms with Gasteiger partial charge in [0, 0.05) is 33.0 Å². The van der Waals surface area contributed by atoms with Crippen LogP contribution in [0.5, 0.6) is 0 Å². The minimum Gasteiger partial charge on any atom is -0.452 e. The lowest BCUT2D eigenvalue weighted by molar-refractivity contribution is 0.667. The van der Waals surface area contributed by atoms with Crippen molar-refractivity contribution in [3.05, 3.63) is 176 Å². The van der Waals surface area contributed by atoms with Crippen molar-refractivity contribution in [3.8, 4) is 50.6 Å². The minimum absolute atomic E-state index is 0.683. The number of hydrogen-bond donors (Lipinski definition) is 0. The molecule has 0 saturated carbocycles. The molecule has 3 heterocycles. The van der Waals surface area contributed by atoms with Crippen molar-refractivity contribution in [3.63, 3.8) is 0 Å². The number of para-hydroxylation sites is 2. The summed E-state index contributed by atoms with van der Waals surface area (Å²) in [6, 6.07) is 61.5. The molecule has 0 aliphatic carbocycles. The fraction of sp³-hybridized carbons (Fsp3) is 0. The maximum atomic E-state index is 6.57. The summed E-state index contributed by atoms with van der Waals surface area (Å²) < 4.78 is 8.92. The van der Waals surface area contributed by atoms with Gasteiger partial charge in [-0.2, -0.15) is 0 Å². The van der Waals surface area contributed by atoms with E-state index in [1.165, 1.54) is 32.9 Å². The van der Waals surface area contributed by atoms with E-state index in [4.69, 9.17) is 14.4 Å². The molecule has 50 heavy (non-hydrogen) atoms. The highest BCUT2D eigenvalue weighted by atomic mass is 16.3. The number of rotatable bonds is 5. The molecule has 0 spiro atoms. The Morgan fingerprint density at radius 3 is 1.72 bits per heavy atom. The average molecular weight is 640 g/mol. The maximum absolute atomic E-state index is 6.57. The van der Waals surface area contributed by atoms with E-state index in [2.05, 4.69) is 132 Å². The molecule has 0 aliphatic rings. The van der Waals surface area contributed by atoms with Crippen molar-refractivity contribution < 1.29 is 4.42 Å². The van der Waals surface area contributed by atoms with Gasteiger partial charge >= 0.3 is 0 Å². The van der Waals surface area contributed by atoms with Crippen LogP contribution in [0.25, 0.3) is 94.5 Å². The molecular formula is C46H29N3O. The molecule has 4 nitrogen and oxygen atoms in total. The van der Waals surface area contributed by atoms with Crippen LogP contribution in [0.4, 0.5) is 0 Å². The Hall–Kier alpha value is -6.78. The van der Waals surface area contributed by atoms with Gasteiger partial charge in [-0.05, 0) is 64.7 Å². The van der Waals surface area contributed by atoms with Crippen LogP contribution in [0.3, 0.4) is 0 Å². The zero-order valence-corrected chi connectivity index (χ0v) is 27.0. The number of fused-ring (bicyclic) bond motifs is 6. The fourth-order valence-corrected chi connectivity index (χ4v) is 7.19. The van der Waals surface area contributed by atoms with E-state index in [0.29, 0.717) is 11.4 Å². The molecule has 0 N–H and O–H groups in total. The van der Waals surface area contributed by atoms with Gasteiger partial charge in [0.2, 0.25) is 0 Å². The van der Waals surface area contributed by atoms with Crippen molar-refractivity contribution in [2.75, 3.05) is 0 Å². The van der Waals surface area contributed by atoms with Gasteiger partial charge in [0.25, 0.3) is 0 Å². The Balaban J connectivity index is 1.04. The van der Waals surface area contributed by atoms with Crippen LogP contribution in [0.2, 0.25) is 0 Å². The van der Waals surface area contributed by atoms with Gasteiger partial charge in [0.05, 0.1) is 11.0 Å². The van der Waals surface area contributed by atoms with Gasteiger partial charge in [-0.1, -0.05) is 133 Å². The van der Waals surface area contributed by atoms with Crippen LogP contribution in [0, 0.1) is 0 Å². The molecule has 234 valence electrons. The topological polar surface area (TPSA) is 43.9 Å². The van der Waals surface area contributed by atoms with E-state index in [-0.39, 0.29) is 0 Å². The predicted octanol–water partition coefficient (Wildman–Crippen LogP) is 12.1. The third-order valence-electron chi connectivity index (χ3n) is 9.63. The lowest BCUT2D eigenvalue weighted by Gasteiger charge is -2.08. The van der Waals surface area contributed by atoms with Crippen LogP contribution in [0.15, 0.2) is 180 Å². The number of furan rings is 1. The molecule has 3 aromatic heterocycles. The van der Waals surface area contributed by atoms with Crippen molar-refractivity contribution in [1.82, 2.24) is 14.5 Å². The first-order chi connectivity index (χ1) is 24.8. The maximum Gasteiger partial charge on any atom is 0.180 e. The number of nitrogens with zero attached hydrogens (tertiary/aromatic N) is 3. The van der Waals surface area contributed by atoms with E-state index in [1.807, 2.05) is 48.5 Å². The summed E-state index contributed by atoms with van der Waals surface area (Å²) in [4.78, 5) is 10.0. The van der Waals surface area contributed by atoms with Crippen LogP contribution in [0.1, 0.15) is 0 Å². The van der Waals surface area contributed by atoms with Crippen LogP contribution >= 0.6 is 0 Å². The molecule has 0 fully saturated rings. The third-order valence-corrected chi connectivity index (χ3v) is 9.63. The molecule has 7 aromatic carbocycles. The minimum atomic E-state index is 0.683. The van der Waals surface area contributed by atoms with Crippen LogP contribution < -0.4 is 0 Å². The Morgan fingerprint density at radius 1 is 0.400 bits per heavy atom. The lowest BCUT2D eigenvalue weighted by atomic mass is 9.98. The molecule has 0 radical (unpaired) electrons. The monoisotopic (exact) mass is 639 g/mol. The summed E-state index contributed by atoms with van der Waals surface area (Å²) in [5, 5.41) is 3.47. The van der Waals surface area contributed by atoms with E-state index in [0.717, 1.165) is 50.1 Å². The largest absolute Gasteiger partial charge is 0.452 e. The first-order valence-corrected chi connectivity index (χ1v) is 16.8. The average Bonchev–Trinajstić information content (AvgIpc) is 3.73. The Bertz CT molecular complexity index is 2840. The van der Waals surface area contributed by atoms with Gasteiger partial charge in [0.1, 0.15) is 16.8 Å². The van der Waals surface area contributed by atoms with Crippen molar-refractivity contribution >= 4 is 43.9 Å². The van der Waals surface area contributed by atoms with Gasteiger partial charge in [-0.15, -0.1) is 0 Å². The summed E-state index contributed by atoms with van der Waals surface area (Å²) >= 11 is 0. The van der Waals surface area contributed by atoms with E-state index in [9.17, 15) is 0 Å². The third kappa shape index (κ3) is 4.61. The number of hydrogen-bond acceptors (Lipinski definition) is 3. The van der Waals surface area contributed by atoms with Crippen LogP contribution in [-0.4, -0.2) is 14.5 Å². The number of aromatic nitrogens is 3. The normalized spacial score (nSPS) is 11.6. The van der Waals surface area contributed by atoms with E-state index in [1.54, 1.807) is 0 Å².